The van der Waals surface area contributed by atoms with Crippen LogP contribution < -0.4 is 0 Å². The molecule has 0 N–H and O–H groups in total. The predicted molar refractivity (Wildman–Crippen MR) is 126 cm³/mol. The second-order valence-electron chi connectivity index (χ2n) is 8.85. The third-order valence-corrected chi connectivity index (χ3v) is 6.41. The van der Waals surface area contributed by atoms with Gasteiger partial charge in [0.05, 0.1) is 0 Å². The molecule has 1 aliphatic heterocycles. The molecule has 1 aromatic carbocycles. The normalized spacial score (nSPS) is 15.1. The van der Waals surface area contributed by atoms with Gasteiger partial charge < -0.3 is 9.47 Å². The van der Waals surface area contributed by atoms with Crippen LogP contribution in [0.1, 0.15) is 43.9 Å². The van der Waals surface area contributed by atoms with Gasteiger partial charge in [0.2, 0.25) is 5.91 Å². The molecule has 2 aromatic heterocycles. The van der Waals surface area contributed by atoms with E-state index in [0.717, 1.165) is 52.0 Å². The molecule has 5 heteroatoms. The number of piperazine rings is 1. The van der Waals surface area contributed by atoms with Crippen LogP contribution in [-0.2, 0) is 17.6 Å². The Morgan fingerprint density at radius 3 is 2.48 bits per heavy atom. The molecule has 3 aromatic rings. The average molecular weight is 419 g/mol. The molecule has 1 fully saturated rings. The SMILES string of the molecule is CC(C)n1cc(CCCC(=O)N2CCN(CCc3ccncc3)CC2)c2ccccc21. The number of nitrogens with zero attached hydrogens (tertiary/aromatic N) is 4. The van der Waals surface area contributed by atoms with Crippen LogP contribution in [0.4, 0.5) is 0 Å². The maximum Gasteiger partial charge on any atom is 0.222 e. The van der Waals surface area contributed by atoms with E-state index in [9.17, 15) is 4.79 Å². The maximum absolute atomic E-state index is 12.7. The van der Waals surface area contributed by atoms with Gasteiger partial charge >= 0.3 is 0 Å². The van der Waals surface area contributed by atoms with E-state index in [1.54, 1.807) is 0 Å². The Labute approximate surface area is 185 Å². The molecule has 0 bridgehead atoms. The van der Waals surface area contributed by atoms with Gasteiger partial charge in [0.1, 0.15) is 0 Å². The molecule has 0 aliphatic carbocycles. The van der Waals surface area contributed by atoms with Crippen LogP contribution in [0.3, 0.4) is 0 Å². The topological polar surface area (TPSA) is 41.4 Å². The van der Waals surface area contributed by atoms with Gasteiger partial charge in [-0.05, 0) is 62.4 Å². The average Bonchev–Trinajstić information content (AvgIpc) is 3.18. The van der Waals surface area contributed by atoms with Crippen LogP contribution in [0.15, 0.2) is 55.0 Å². The number of pyridine rings is 1. The third kappa shape index (κ3) is 5.34. The van der Waals surface area contributed by atoms with Crippen molar-refractivity contribution in [1.82, 2.24) is 19.4 Å². The molecule has 1 saturated heterocycles. The van der Waals surface area contributed by atoms with Crippen molar-refractivity contribution in [3.8, 4) is 0 Å². The minimum Gasteiger partial charge on any atom is -0.345 e. The summed E-state index contributed by atoms with van der Waals surface area (Å²) in [5.41, 5.74) is 3.98. The van der Waals surface area contributed by atoms with Gasteiger partial charge in [-0.25, -0.2) is 0 Å². The highest BCUT2D eigenvalue weighted by atomic mass is 16.2. The van der Waals surface area contributed by atoms with Gasteiger partial charge in [-0.3, -0.25) is 14.7 Å². The summed E-state index contributed by atoms with van der Waals surface area (Å²) in [4.78, 5) is 21.3. The smallest absolute Gasteiger partial charge is 0.222 e. The van der Waals surface area contributed by atoms with E-state index in [1.165, 1.54) is 22.0 Å². The van der Waals surface area contributed by atoms with Crippen molar-refractivity contribution in [1.29, 1.82) is 0 Å². The summed E-state index contributed by atoms with van der Waals surface area (Å²) in [6, 6.07) is 13.2. The van der Waals surface area contributed by atoms with Crippen LogP contribution in [0.5, 0.6) is 0 Å². The second kappa shape index (κ2) is 10.1. The number of fused-ring (bicyclic) bond motifs is 1. The maximum atomic E-state index is 12.7. The van der Waals surface area contributed by atoms with E-state index in [1.807, 2.05) is 12.4 Å². The number of benzene rings is 1. The number of hydrogen-bond donors (Lipinski definition) is 0. The lowest BCUT2D eigenvalue weighted by Crippen LogP contribution is -2.49. The fourth-order valence-corrected chi connectivity index (χ4v) is 4.55. The van der Waals surface area contributed by atoms with Crippen molar-refractivity contribution in [3.05, 3.63) is 66.1 Å². The van der Waals surface area contributed by atoms with Crippen LogP contribution in [0.2, 0.25) is 0 Å². The fourth-order valence-electron chi connectivity index (χ4n) is 4.55. The first-order valence-electron chi connectivity index (χ1n) is 11.6. The zero-order chi connectivity index (χ0) is 21.6. The molecule has 0 unspecified atom stereocenters. The summed E-state index contributed by atoms with van der Waals surface area (Å²) in [7, 11) is 0. The van der Waals surface area contributed by atoms with Gasteiger partial charge in [0.25, 0.3) is 0 Å². The first-order valence-corrected chi connectivity index (χ1v) is 11.6. The van der Waals surface area contributed by atoms with Gasteiger partial charge in [0.15, 0.2) is 0 Å². The molecule has 0 spiro atoms. The minimum atomic E-state index is 0.307. The molecule has 5 nitrogen and oxygen atoms in total. The largest absolute Gasteiger partial charge is 0.345 e. The van der Waals surface area contributed by atoms with Crippen molar-refractivity contribution >= 4 is 16.8 Å². The first-order chi connectivity index (χ1) is 15.1. The van der Waals surface area contributed by atoms with Crippen molar-refractivity contribution in [2.45, 2.75) is 45.6 Å². The zero-order valence-electron chi connectivity index (χ0n) is 18.8. The highest BCUT2D eigenvalue weighted by Crippen LogP contribution is 2.26. The number of amides is 1. The molecular formula is C26H34N4O. The Kier molecular flexibility index (Phi) is 7.03. The van der Waals surface area contributed by atoms with E-state index in [-0.39, 0.29) is 0 Å². The number of hydrogen-bond acceptors (Lipinski definition) is 3. The van der Waals surface area contributed by atoms with E-state index in [4.69, 9.17) is 0 Å². The molecule has 1 aliphatic rings. The van der Waals surface area contributed by atoms with Crippen LogP contribution in [0.25, 0.3) is 10.9 Å². The van der Waals surface area contributed by atoms with Crippen molar-refractivity contribution in [3.63, 3.8) is 0 Å². The van der Waals surface area contributed by atoms with Crippen LogP contribution in [0, 0.1) is 0 Å². The van der Waals surface area contributed by atoms with E-state index >= 15 is 0 Å². The Morgan fingerprint density at radius 1 is 1.00 bits per heavy atom. The zero-order valence-corrected chi connectivity index (χ0v) is 18.8. The van der Waals surface area contributed by atoms with Crippen molar-refractivity contribution < 1.29 is 4.79 Å². The van der Waals surface area contributed by atoms with E-state index < -0.39 is 0 Å². The fraction of sp³-hybridized carbons (Fsp3) is 0.462. The summed E-state index contributed by atoms with van der Waals surface area (Å²) in [6.07, 6.45) is 9.53. The number of aromatic nitrogens is 2. The molecule has 1 amide bonds. The van der Waals surface area contributed by atoms with Gasteiger partial charge in [-0.15, -0.1) is 0 Å². The summed E-state index contributed by atoms with van der Waals surface area (Å²) in [6.45, 7) is 9.12. The number of carbonyl (C=O) groups excluding carboxylic acids is 1. The van der Waals surface area contributed by atoms with Gasteiger partial charge in [-0.2, -0.15) is 0 Å². The molecule has 0 radical (unpaired) electrons. The monoisotopic (exact) mass is 418 g/mol. The summed E-state index contributed by atoms with van der Waals surface area (Å²) in [5.74, 6) is 0.307. The van der Waals surface area contributed by atoms with E-state index in [2.05, 4.69) is 75.8 Å². The Balaban J connectivity index is 1.23. The first kappa shape index (κ1) is 21.6. The summed E-state index contributed by atoms with van der Waals surface area (Å²) in [5, 5.41) is 1.33. The minimum absolute atomic E-state index is 0.307. The lowest BCUT2D eigenvalue weighted by molar-refractivity contribution is -0.133. The van der Waals surface area contributed by atoms with Crippen molar-refractivity contribution in [2.75, 3.05) is 32.7 Å². The van der Waals surface area contributed by atoms with Gasteiger partial charge in [-0.1, -0.05) is 18.2 Å². The quantitative estimate of drug-likeness (QED) is 0.547. The number of para-hydroxylation sites is 1. The highest BCUT2D eigenvalue weighted by molar-refractivity contribution is 5.84. The molecule has 4 rings (SSSR count). The number of aryl methyl sites for hydroxylation is 1. The Hall–Kier alpha value is -2.66. The highest BCUT2D eigenvalue weighted by Gasteiger charge is 2.20. The lowest BCUT2D eigenvalue weighted by Gasteiger charge is -2.34. The standard InChI is InChI=1S/C26H34N4O/c1-21(2)30-20-23(24-7-3-4-8-25(24)30)6-5-9-26(31)29-18-16-28(17-19-29)15-12-22-10-13-27-14-11-22/h3-4,7-8,10-11,13-14,20-21H,5-6,9,12,15-19H2,1-2H3. The van der Waals surface area contributed by atoms with Gasteiger partial charge in [0, 0.05) is 74.7 Å². The Bertz CT molecular complexity index is 987. The van der Waals surface area contributed by atoms with Crippen molar-refractivity contribution in [2.24, 2.45) is 0 Å². The molecule has 3 heterocycles. The number of carbonyl (C=O) groups is 1. The summed E-state index contributed by atoms with van der Waals surface area (Å²) >= 11 is 0. The molecule has 164 valence electrons. The van der Waals surface area contributed by atoms with E-state index in [0.29, 0.717) is 18.4 Å². The predicted octanol–water partition coefficient (Wildman–Crippen LogP) is 4.33. The molecular weight excluding hydrogens is 384 g/mol. The number of rotatable bonds is 8. The molecule has 31 heavy (non-hydrogen) atoms. The van der Waals surface area contributed by atoms with Crippen LogP contribution >= 0.6 is 0 Å². The Morgan fingerprint density at radius 2 is 1.74 bits per heavy atom. The molecule has 0 saturated carbocycles. The third-order valence-electron chi connectivity index (χ3n) is 6.41. The second-order valence-corrected chi connectivity index (χ2v) is 8.85. The summed E-state index contributed by atoms with van der Waals surface area (Å²) < 4.78 is 2.34. The lowest BCUT2D eigenvalue weighted by atomic mass is 10.1. The van der Waals surface area contributed by atoms with Crippen LogP contribution in [-0.4, -0.2) is 58.0 Å². The molecule has 0 atom stereocenters.